The third kappa shape index (κ3) is 2.36. The molecule has 0 spiro atoms. The molecule has 2 rings (SSSR count). The lowest BCUT2D eigenvalue weighted by Crippen LogP contribution is -2.34. The lowest BCUT2D eigenvalue weighted by molar-refractivity contribution is -0.120. The molecule has 1 fully saturated rings. The summed E-state index contributed by atoms with van der Waals surface area (Å²) in [6.45, 7) is 0. The third-order valence-corrected chi connectivity index (χ3v) is 3.37. The molecular weight excluding hydrogens is 224 g/mol. The van der Waals surface area contributed by atoms with Crippen molar-refractivity contribution in [2.75, 3.05) is 5.32 Å². The molecule has 1 aliphatic carbocycles. The van der Waals surface area contributed by atoms with Crippen LogP contribution in [-0.2, 0) is 4.79 Å². The van der Waals surface area contributed by atoms with E-state index in [1.807, 2.05) is 12.1 Å². The van der Waals surface area contributed by atoms with E-state index in [0.717, 1.165) is 19.3 Å². The average molecular weight is 239 g/mol. The molecule has 0 aliphatic heterocycles. The summed E-state index contributed by atoms with van der Waals surface area (Å²) in [4.78, 5) is 11.9. The highest BCUT2D eigenvalue weighted by Gasteiger charge is 2.30. The van der Waals surface area contributed by atoms with E-state index in [1.165, 1.54) is 0 Å². The molecule has 0 bridgehead atoms. The lowest BCUT2D eigenvalue weighted by atomic mass is 10.0. The van der Waals surface area contributed by atoms with E-state index in [0.29, 0.717) is 10.7 Å². The fraction of sp³-hybridized carbons (Fsp3) is 0.417. The Bertz CT molecular complexity index is 394. The summed E-state index contributed by atoms with van der Waals surface area (Å²) in [5, 5.41) is 3.39. The number of nitrogens with two attached hydrogens (primary N) is 1. The van der Waals surface area contributed by atoms with Crippen molar-refractivity contribution in [1.29, 1.82) is 0 Å². The van der Waals surface area contributed by atoms with Gasteiger partial charge in [-0.3, -0.25) is 4.79 Å². The summed E-state index contributed by atoms with van der Waals surface area (Å²) in [5.41, 5.74) is 6.54. The summed E-state index contributed by atoms with van der Waals surface area (Å²) in [5.74, 6) is -0.0885. The second-order valence-corrected chi connectivity index (χ2v) is 4.58. The minimum atomic E-state index is -0.0729. The van der Waals surface area contributed by atoms with E-state index < -0.39 is 0 Å². The first kappa shape index (κ1) is 11.4. The van der Waals surface area contributed by atoms with Crippen molar-refractivity contribution in [3.8, 4) is 0 Å². The zero-order chi connectivity index (χ0) is 11.5. The van der Waals surface area contributed by atoms with Crippen LogP contribution in [0.2, 0.25) is 5.02 Å². The van der Waals surface area contributed by atoms with Crippen molar-refractivity contribution in [3.05, 3.63) is 29.3 Å². The topological polar surface area (TPSA) is 55.1 Å². The maximum Gasteiger partial charge on any atom is 0.229 e. The van der Waals surface area contributed by atoms with Crippen LogP contribution < -0.4 is 11.1 Å². The Labute approximate surface area is 100.0 Å². The number of para-hydroxylation sites is 1. The van der Waals surface area contributed by atoms with E-state index >= 15 is 0 Å². The number of halogens is 1. The largest absolute Gasteiger partial charge is 0.327 e. The number of hydrogen-bond donors (Lipinski definition) is 2. The van der Waals surface area contributed by atoms with Crippen molar-refractivity contribution < 1.29 is 4.79 Å². The van der Waals surface area contributed by atoms with Gasteiger partial charge in [0.2, 0.25) is 5.91 Å². The Hall–Kier alpha value is -1.06. The number of benzene rings is 1. The van der Waals surface area contributed by atoms with Crippen LogP contribution in [0.1, 0.15) is 19.3 Å². The average Bonchev–Trinajstić information content (AvgIpc) is 2.68. The zero-order valence-electron chi connectivity index (χ0n) is 8.95. The van der Waals surface area contributed by atoms with Crippen LogP contribution >= 0.6 is 11.6 Å². The van der Waals surface area contributed by atoms with E-state index in [2.05, 4.69) is 5.32 Å². The standard InChI is InChI=1S/C12H15ClN2O/c13-9-5-1-2-7-11(9)15-12(16)8-4-3-6-10(8)14/h1-2,5,7-8,10H,3-4,6,14H2,(H,15,16). The minimum absolute atomic E-state index is 0.0116. The van der Waals surface area contributed by atoms with Gasteiger partial charge in [-0.25, -0.2) is 0 Å². The number of carbonyl (C=O) groups excluding carboxylic acids is 1. The van der Waals surface area contributed by atoms with Gasteiger partial charge in [0.15, 0.2) is 0 Å². The minimum Gasteiger partial charge on any atom is -0.327 e. The first-order valence-corrected chi connectivity index (χ1v) is 5.87. The van der Waals surface area contributed by atoms with Crippen LogP contribution in [0.25, 0.3) is 0 Å². The number of nitrogens with one attached hydrogen (secondary N) is 1. The second-order valence-electron chi connectivity index (χ2n) is 4.17. The quantitative estimate of drug-likeness (QED) is 0.831. The number of amides is 1. The van der Waals surface area contributed by atoms with Crippen molar-refractivity contribution in [3.63, 3.8) is 0 Å². The molecule has 1 aromatic carbocycles. The summed E-state index contributed by atoms with van der Waals surface area (Å²) >= 11 is 5.97. The number of carbonyl (C=O) groups is 1. The molecule has 0 heterocycles. The Morgan fingerprint density at radius 1 is 1.38 bits per heavy atom. The van der Waals surface area contributed by atoms with Gasteiger partial charge in [-0.15, -0.1) is 0 Å². The number of hydrogen-bond acceptors (Lipinski definition) is 2. The lowest BCUT2D eigenvalue weighted by Gasteiger charge is -2.15. The maximum atomic E-state index is 11.9. The van der Waals surface area contributed by atoms with Crippen LogP contribution in [0.15, 0.2) is 24.3 Å². The van der Waals surface area contributed by atoms with Gasteiger partial charge in [-0.2, -0.15) is 0 Å². The van der Waals surface area contributed by atoms with E-state index in [9.17, 15) is 4.79 Å². The Morgan fingerprint density at radius 3 is 2.75 bits per heavy atom. The van der Waals surface area contributed by atoms with Gasteiger partial charge in [0.1, 0.15) is 0 Å². The Balaban J connectivity index is 2.05. The SMILES string of the molecule is NC1CCCC1C(=O)Nc1ccccc1Cl. The molecule has 4 heteroatoms. The van der Waals surface area contributed by atoms with E-state index in [-0.39, 0.29) is 17.9 Å². The summed E-state index contributed by atoms with van der Waals surface area (Å²) in [6.07, 6.45) is 2.83. The molecule has 2 unspecified atom stereocenters. The summed E-state index contributed by atoms with van der Waals surface area (Å²) < 4.78 is 0. The Morgan fingerprint density at radius 2 is 2.12 bits per heavy atom. The van der Waals surface area contributed by atoms with Crippen LogP contribution in [-0.4, -0.2) is 11.9 Å². The van der Waals surface area contributed by atoms with E-state index in [1.54, 1.807) is 12.1 Å². The van der Waals surface area contributed by atoms with Crippen LogP contribution in [0.5, 0.6) is 0 Å². The van der Waals surface area contributed by atoms with Gasteiger partial charge in [-0.1, -0.05) is 30.2 Å². The molecule has 1 aromatic rings. The molecule has 0 radical (unpaired) electrons. The number of rotatable bonds is 2. The first-order chi connectivity index (χ1) is 7.68. The van der Waals surface area contributed by atoms with Crippen molar-refractivity contribution >= 4 is 23.2 Å². The molecular formula is C12H15ClN2O. The fourth-order valence-corrected chi connectivity index (χ4v) is 2.29. The van der Waals surface area contributed by atoms with Gasteiger partial charge in [-0.05, 0) is 25.0 Å². The molecule has 3 nitrogen and oxygen atoms in total. The van der Waals surface area contributed by atoms with Crippen molar-refractivity contribution in [2.45, 2.75) is 25.3 Å². The third-order valence-electron chi connectivity index (χ3n) is 3.04. The zero-order valence-corrected chi connectivity index (χ0v) is 9.70. The monoisotopic (exact) mass is 238 g/mol. The molecule has 1 aliphatic rings. The highest BCUT2D eigenvalue weighted by Crippen LogP contribution is 2.27. The molecule has 0 aromatic heterocycles. The van der Waals surface area contributed by atoms with Crippen LogP contribution in [0.3, 0.4) is 0 Å². The normalized spacial score (nSPS) is 24.4. The molecule has 86 valence electrons. The van der Waals surface area contributed by atoms with Crippen molar-refractivity contribution in [2.24, 2.45) is 11.7 Å². The summed E-state index contributed by atoms with van der Waals surface area (Å²) in [6, 6.07) is 7.21. The second kappa shape index (κ2) is 4.85. The highest BCUT2D eigenvalue weighted by molar-refractivity contribution is 6.33. The maximum absolute atomic E-state index is 11.9. The molecule has 3 N–H and O–H groups in total. The van der Waals surface area contributed by atoms with Crippen molar-refractivity contribution in [1.82, 2.24) is 0 Å². The smallest absolute Gasteiger partial charge is 0.229 e. The molecule has 1 amide bonds. The predicted molar refractivity (Wildman–Crippen MR) is 65.4 cm³/mol. The first-order valence-electron chi connectivity index (χ1n) is 5.49. The van der Waals surface area contributed by atoms with Gasteiger partial charge in [0.05, 0.1) is 16.6 Å². The summed E-state index contributed by atoms with van der Waals surface area (Å²) in [7, 11) is 0. The molecule has 2 atom stereocenters. The van der Waals surface area contributed by atoms with Gasteiger partial charge in [0.25, 0.3) is 0 Å². The van der Waals surface area contributed by atoms with E-state index in [4.69, 9.17) is 17.3 Å². The fourth-order valence-electron chi connectivity index (χ4n) is 2.10. The molecule has 0 saturated heterocycles. The van der Waals surface area contributed by atoms with Gasteiger partial charge < -0.3 is 11.1 Å². The van der Waals surface area contributed by atoms with Gasteiger partial charge >= 0.3 is 0 Å². The highest BCUT2D eigenvalue weighted by atomic mass is 35.5. The van der Waals surface area contributed by atoms with Gasteiger partial charge in [0, 0.05) is 6.04 Å². The molecule has 16 heavy (non-hydrogen) atoms. The van der Waals surface area contributed by atoms with Crippen LogP contribution in [0, 0.1) is 5.92 Å². The Kier molecular flexibility index (Phi) is 3.46. The molecule has 1 saturated carbocycles. The number of anilines is 1. The predicted octanol–water partition coefficient (Wildman–Crippen LogP) is 2.41. The van der Waals surface area contributed by atoms with Crippen LogP contribution in [0.4, 0.5) is 5.69 Å².